The van der Waals surface area contributed by atoms with Gasteiger partial charge in [0.05, 0.1) is 18.8 Å². The molecule has 0 saturated carbocycles. The second-order valence-corrected chi connectivity index (χ2v) is 2.65. The summed E-state index contributed by atoms with van der Waals surface area (Å²) in [5.74, 6) is 0. The third-order valence-electron chi connectivity index (χ3n) is 1.95. The Morgan fingerprint density at radius 1 is 1.27 bits per heavy atom. The van der Waals surface area contributed by atoms with Gasteiger partial charge in [0, 0.05) is 6.04 Å². The molecular weight excluding hydrogens is 144 g/mol. The topological polar surface area (TPSA) is 64.5 Å². The first kappa shape index (κ1) is 10.8. The van der Waals surface area contributed by atoms with E-state index < -0.39 is 6.10 Å². The van der Waals surface area contributed by atoms with Gasteiger partial charge >= 0.3 is 0 Å². The first-order chi connectivity index (χ1) is 5.17. The number of aliphatic hydroxyl groups excluding tert-OH is 2. The third kappa shape index (κ3) is 3.16. The first-order valence-electron chi connectivity index (χ1n) is 3.80. The van der Waals surface area contributed by atoms with E-state index >= 15 is 0 Å². The van der Waals surface area contributed by atoms with Crippen LogP contribution in [0.5, 0.6) is 0 Å². The molecule has 3 unspecified atom stereocenters. The van der Waals surface area contributed by atoms with Crippen molar-refractivity contribution in [2.24, 2.45) is 0 Å². The smallest absolute Gasteiger partial charge is 0.0865 e. The molecule has 4 nitrogen and oxygen atoms in total. The highest BCUT2D eigenvalue weighted by atomic mass is 16.3. The minimum atomic E-state index is -0.560. The van der Waals surface area contributed by atoms with E-state index in [2.05, 4.69) is 10.6 Å². The van der Waals surface area contributed by atoms with Crippen LogP contribution in [0.25, 0.3) is 0 Å². The van der Waals surface area contributed by atoms with Crippen LogP contribution in [0.1, 0.15) is 6.92 Å². The minimum Gasteiger partial charge on any atom is -0.395 e. The first-order valence-corrected chi connectivity index (χ1v) is 3.80. The largest absolute Gasteiger partial charge is 0.395 e. The number of hydrogen-bond acceptors (Lipinski definition) is 4. The van der Waals surface area contributed by atoms with Crippen LogP contribution < -0.4 is 10.6 Å². The maximum atomic E-state index is 9.49. The van der Waals surface area contributed by atoms with Crippen LogP contribution in [0.15, 0.2) is 0 Å². The summed E-state index contributed by atoms with van der Waals surface area (Å²) in [5.41, 5.74) is 0. The third-order valence-corrected chi connectivity index (χ3v) is 1.95. The van der Waals surface area contributed by atoms with Gasteiger partial charge in [0.2, 0.25) is 0 Å². The summed E-state index contributed by atoms with van der Waals surface area (Å²) < 4.78 is 0. The second-order valence-electron chi connectivity index (χ2n) is 2.65. The predicted octanol–water partition coefficient (Wildman–Crippen LogP) is -1.46. The van der Waals surface area contributed by atoms with Crippen molar-refractivity contribution in [2.75, 3.05) is 20.7 Å². The lowest BCUT2D eigenvalue weighted by Crippen LogP contribution is -2.50. The van der Waals surface area contributed by atoms with Gasteiger partial charge in [-0.2, -0.15) is 0 Å². The van der Waals surface area contributed by atoms with E-state index in [1.165, 1.54) is 0 Å². The molecule has 0 saturated heterocycles. The van der Waals surface area contributed by atoms with E-state index in [0.29, 0.717) is 0 Å². The van der Waals surface area contributed by atoms with Crippen molar-refractivity contribution in [1.29, 1.82) is 0 Å². The van der Waals surface area contributed by atoms with Gasteiger partial charge in [-0.25, -0.2) is 0 Å². The fourth-order valence-electron chi connectivity index (χ4n) is 0.889. The monoisotopic (exact) mass is 162 g/mol. The van der Waals surface area contributed by atoms with Gasteiger partial charge in [-0.3, -0.25) is 0 Å². The molecular formula is C7H18N2O2. The van der Waals surface area contributed by atoms with Crippen molar-refractivity contribution >= 4 is 0 Å². The van der Waals surface area contributed by atoms with Crippen molar-refractivity contribution in [3.05, 3.63) is 0 Å². The molecule has 4 N–H and O–H groups in total. The molecule has 0 fully saturated rings. The standard InChI is InChI=1S/C7H18N2O2/c1-5(8-2)7(11)6(4-10)9-3/h5-11H,4H2,1-3H3. The van der Waals surface area contributed by atoms with Crippen molar-refractivity contribution in [2.45, 2.75) is 25.1 Å². The Hall–Kier alpha value is -0.160. The Morgan fingerprint density at radius 3 is 2.09 bits per heavy atom. The Bertz CT molecular complexity index is 96.4. The maximum Gasteiger partial charge on any atom is 0.0865 e. The van der Waals surface area contributed by atoms with Gasteiger partial charge in [-0.15, -0.1) is 0 Å². The molecule has 0 spiro atoms. The molecule has 0 rings (SSSR count). The molecule has 0 aliphatic carbocycles. The van der Waals surface area contributed by atoms with Crippen molar-refractivity contribution in [1.82, 2.24) is 10.6 Å². The van der Waals surface area contributed by atoms with Crippen molar-refractivity contribution in [3.8, 4) is 0 Å². The lowest BCUT2D eigenvalue weighted by molar-refractivity contribution is 0.0696. The molecule has 0 aliphatic heterocycles. The number of rotatable bonds is 5. The molecule has 0 heterocycles. The number of aliphatic hydroxyl groups is 2. The summed E-state index contributed by atoms with van der Waals surface area (Å²) in [4.78, 5) is 0. The van der Waals surface area contributed by atoms with Gasteiger partial charge in [-0.05, 0) is 21.0 Å². The normalized spacial score (nSPS) is 19.4. The highest BCUT2D eigenvalue weighted by molar-refractivity contribution is 4.80. The van der Waals surface area contributed by atoms with Crippen molar-refractivity contribution < 1.29 is 10.2 Å². The molecule has 11 heavy (non-hydrogen) atoms. The number of nitrogens with one attached hydrogen (secondary N) is 2. The summed E-state index contributed by atoms with van der Waals surface area (Å²) in [7, 11) is 3.49. The molecule has 0 bridgehead atoms. The molecule has 0 radical (unpaired) electrons. The summed E-state index contributed by atoms with van der Waals surface area (Å²) in [5, 5.41) is 24.0. The zero-order valence-electron chi connectivity index (χ0n) is 7.33. The van der Waals surface area contributed by atoms with E-state index in [9.17, 15) is 5.11 Å². The maximum absolute atomic E-state index is 9.49. The van der Waals surface area contributed by atoms with Crippen LogP contribution in [-0.4, -0.2) is 49.1 Å². The molecule has 68 valence electrons. The lowest BCUT2D eigenvalue weighted by Gasteiger charge is -2.25. The summed E-state index contributed by atoms with van der Waals surface area (Å²) in [6.45, 7) is 1.81. The van der Waals surface area contributed by atoms with Crippen LogP contribution in [0, 0.1) is 0 Å². The van der Waals surface area contributed by atoms with Gasteiger partial charge in [-0.1, -0.05) is 0 Å². The zero-order valence-corrected chi connectivity index (χ0v) is 7.33. The van der Waals surface area contributed by atoms with Gasteiger partial charge < -0.3 is 20.8 Å². The fourth-order valence-corrected chi connectivity index (χ4v) is 0.889. The van der Waals surface area contributed by atoms with E-state index in [4.69, 9.17) is 5.11 Å². The molecule has 0 aromatic carbocycles. The predicted molar refractivity (Wildman–Crippen MR) is 44.5 cm³/mol. The number of hydrogen-bond donors (Lipinski definition) is 4. The van der Waals surface area contributed by atoms with Crippen LogP contribution in [-0.2, 0) is 0 Å². The highest BCUT2D eigenvalue weighted by Gasteiger charge is 2.21. The average molecular weight is 162 g/mol. The SMILES string of the molecule is CNC(C)C(O)C(CO)NC. The molecule has 0 aromatic heterocycles. The summed E-state index contributed by atoms with van der Waals surface area (Å²) in [6, 6.07) is -0.267. The Morgan fingerprint density at radius 2 is 1.82 bits per heavy atom. The molecule has 0 aromatic rings. The van der Waals surface area contributed by atoms with Crippen LogP contribution in [0.4, 0.5) is 0 Å². The van der Waals surface area contributed by atoms with E-state index in [1.807, 2.05) is 6.92 Å². The summed E-state index contributed by atoms with van der Waals surface area (Å²) in [6.07, 6.45) is -0.560. The van der Waals surface area contributed by atoms with E-state index in [1.54, 1.807) is 14.1 Å². The van der Waals surface area contributed by atoms with Crippen LogP contribution in [0.2, 0.25) is 0 Å². The zero-order chi connectivity index (χ0) is 8.85. The molecule has 3 atom stereocenters. The van der Waals surface area contributed by atoms with Gasteiger partial charge in [0.1, 0.15) is 0 Å². The molecule has 0 amide bonds. The highest BCUT2D eigenvalue weighted by Crippen LogP contribution is 1.97. The van der Waals surface area contributed by atoms with E-state index in [-0.39, 0.29) is 18.7 Å². The second kappa shape index (κ2) is 5.49. The van der Waals surface area contributed by atoms with Gasteiger partial charge in [0.25, 0.3) is 0 Å². The Balaban J connectivity index is 3.86. The van der Waals surface area contributed by atoms with Crippen LogP contribution >= 0.6 is 0 Å². The summed E-state index contributed by atoms with van der Waals surface area (Å²) >= 11 is 0. The Labute approximate surface area is 67.6 Å². The van der Waals surface area contributed by atoms with E-state index in [0.717, 1.165) is 0 Å². The minimum absolute atomic E-state index is 0.0143. The fraction of sp³-hybridized carbons (Fsp3) is 1.00. The Kier molecular flexibility index (Phi) is 5.41. The van der Waals surface area contributed by atoms with Crippen LogP contribution in [0.3, 0.4) is 0 Å². The average Bonchev–Trinajstić information content (AvgIpc) is 2.05. The quantitative estimate of drug-likeness (QED) is 0.399. The number of likely N-dealkylation sites (N-methyl/N-ethyl adjacent to an activating group) is 2. The lowest BCUT2D eigenvalue weighted by atomic mass is 10.1. The van der Waals surface area contributed by atoms with Crippen molar-refractivity contribution in [3.63, 3.8) is 0 Å². The molecule has 0 aliphatic rings. The van der Waals surface area contributed by atoms with Gasteiger partial charge in [0.15, 0.2) is 0 Å². The molecule has 4 heteroatoms.